The molecule has 1 N–H and O–H groups in total. The number of anilines is 1. The third-order valence-corrected chi connectivity index (χ3v) is 6.29. The molecule has 3 heterocycles. The SMILES string of the molecule is CC[C@H](Sc1nnc(-c2ccc3c(c2)OCO3)n1C)C(=O)Nc1nnc(C)s1. The summed E-state index contributed by atoms with van der Waals surface area (Å²) in [5.41, 5.74) is 0.868. The monoisotopic (exact) mass is 418 g/mol. The number of nitrogens with one attached hydrogen (secondary N) is 1. The van der Waals surface area contributed by atoms with E-state index >= 15 is 0 Å². The van der Waals surface area contributed by atoms with Gasteiger partial charge in [-0.05, 0) is 31.5 Å². The van der Waals surface area contributed by atoms with Gasteiger partial charge in [-0.15, -0.1) is 20.4 Å². The number of aromatic nitrogens is 5. The predicted octanol–water partition coefficient (Wildman–Crippen LogP) is 2.88. The highest BCUT2D eigenvalue weighted by atomic mass is 32.2. The first-order valence-electron chi connectivity index (χ1n) is 8.62. The van der Waals surface area contributed by atoms with Gasteiger partial charge in [0.2, 0.25) is 17.8 Å². The van der Waals surface area contributed by atoms with Crippen molar-refractivity contribution in [2.45, 2.75) is 30.7 Å². The Kier molecular flexibility index (Phi) is 5.18. The Labute approximate surface area is 169 Å². The number of ether oxygens (including phenoxy) is 2. The van der Waals surface area contributed by atoms with E-state index in [2.05, 4.69) is 25.7 Å². The first kappa shape index (κ1) is 18.7. The molecule has 1 aromatic carbocycles. The number of fused-ring (bicyclic) bond motifs is 1. The van der Waals surface area contributed by atoms with Crippen molar-refractivity contribution in [3.8, 4) is 22.9 Å². The number of hydrogen-bond donors (Lipinski definition) is 1. The minimum absolute atomic E-state index is 0.128. The van der Waals surface area contributed by atoms with Crippen molar-refractivity contribution in [3.05, 3.63) is 23.2 Å². The normalized spacial score (nSPS) is 13.5. The highest BCUT2D eigenvalue weighted by molar-refractivity contribution is 8.00. The Morgan fingerprint density at radius 3 is 2.86 bits per heavy atom. The summed E-state index contributed by atoms with van der Waals surface area (Å²) in [7, 11) is 1.88. The van der Waals surface area contributed by atoms with Gasteiger partial charge in [-0.1, -0.05) is 30.0 Å². The van der Waals surface area contributed by atoms with Gasteiger partial charge in [0.25, 0.3) is 0 Å². The van der Waals surface area contributed by atoms with E-state index in [1.807, 2.05) is 43.7 Å². The molecule has 1 atom stereocenters. The van der Waals surface area contributed by atoms with Crippen LogP contribution < -0.4 is 14.8 Å². The van der Waals surface area contributed by atoms with Crippen molar-refractivity contribution in [1.82, 2.24) is 25.0 Å². The Hall–Kier alpha value is -2.66. The molecule has 0 fully saturated rings. The molecule has 0 spiro atoms. The van der Waals surface area contributed by atoms with Gasteiger partial charge < -0.3 is 14.0 Å². The zero-order valence-electron chi connectivity index (χ0n) is 15.5. The van der Waals surface area contributed by atoms with Gasteiger partial charge in [0.1, 0.15) is 5.01 Å². The smallest absolute Gasteiger partial charge is 0.239 e. The van der Waals surface area contributed by atoms with E-state index in [-0.39, 0.29) is 18.0 Å². The van der Waals surface area contributed by atoms with Crippen LogP contribution in [0.2, 0.25) is 0 Å². The third-order valence-electron chi connectivity index (χ3n) is 4.13. The maximum Gasteiger partial charge on any atom is 0.239 e. The zero-order valence-corrected chi connectivity index (χ0v) is 17.1. The molecule has 11 heteroatoms. The topological polar surface area (TPSA) is 104 Å². The summed E-state index contributed by atoms with van der Waals surface area (Å²) < 4.78 is 12.6. The molecule has 2 aromatic heterocycles. The second-order valence-corrected chi connectivity index (χ2v) is 8.41. The molecule has 0 saturated carbocycles. The molecule has 0 radical (unpaired) electrons. The third kappa shape index (κ3) is 3.67. The highest BCUT2D eigenvalue weighted by Crippen LogP contribution is 2.36. The van der Waals surface area contributed by atoms with Gasteiger partial charge in [-0.25, -0.2) is 0 Å². The predicted molar refractivity (Wildman–Crippen MR) is 106 cm³/mol. The number of nitrogens with zero attached hydrogens (tertiary/aromatic N) is 5. The molecule has 0 unspecified atom stereocenters. The van der Waals surface area contributed by atoms with Gasteiger partial charge in [-0.2, -0.15) is 0 Å². The van der Waals surface area contributed by atoms with Crippen molar-refractivity contribution in [3.63, 3.8) is 0 Å². The average Bonchev–Trinajstić information content (AvgIpc) is 3.39. The fourth-order valence-electron chi connectivity index (χ4n) is 2.69. The quantitative estimate of drug-likeness (QED) is 0.610. The van der Waals surface area contributed by atoms with E-state index in [0.717, 1.165) is 16.3 Å². The standard InChI is InChI=1S/C17H18N6O3S2/c1-4-13(15(24)18-16-21-19-9(2)27-16)28-17-22-20-14(23(17)3)10-5-6-11-12(7-10)26-8-25-11/h5-7,13H,4,8H2,1-3H3,(H,18,21,24)/t13-/m0/s1. The fraction of sp³-hybridized carbons (Fsp3) is 0.353. The summed E-state index contributed by atoms with van der Waals surface area (Å²) in [5.74, 6) is 1.97. The van der Waals surface area contributed by atoms with Crippen LogP contribution in [0, 0.1) is 6.92 Å². The molecule has 9 nitrogen and oxygen atoms in total. The summed E-state index contributed by atoms with van der Waals surface area (Å²) >= 11 is 2.71. The molecule has 1 amide bonds. The maximum absolute atomic E-state index is 12.6. The highest BCUT2D eigenvalue weighted by Gasteiger charge is 2.23. The van der Waals surface area contributed by atoms with E-state index < -0.39 is 0 Å². The molecule has 28 heavy (non-hydrogen) atoms. The molecular weight excluding hydrogens is 400 g/mol. The Morgan fingerprint density at radius 2 is 2.11 bits per heavy atom. The largest absolute Gasteiger partial charge is 0.454 e. The summed E-state index contributed by atoms with van der Waals surface area (Å²) in [6.07, 6.45) is 0.639. The van der Waals surface area contributed by atoms with Crippen LogP contribution >= 0.6 is 23.1 Å². The summed E-state index contributed by atoms with van der Waals surface area (Å²) in [5, 5.41) is 20.9. The van der Waals surface area contributed by atoms with E-state index in [1.165, 1.54) is 23.1 Å². The second-order valence-electron chi connectivity index (χ2n) is 6.06. The van der Waals surface area contributed by atoms with Crippen LogP contribution in [0.3, 0.4) is 0 Å². The summed E-state index contributed by atoms with van der Waals surface area (Å²) in [6, 6.07) is 5.64. The van der Waals surface area contributed by atoms with Crippen LogP contribution in [-0.2, 0) is 11.8 Å². The van der Waals surface area contributed by atoms with Gasteiger partial charge >= 0.3 is 0 Å². The van der Waals surface area contributed by atoms with Gasteiger partial charge in [0, 0.05) is 12.6 Å². The lowest BCUT2D eigenvalue weighted by molar-refractivity contribution is -0.115. The minimum atomic E-state index is -0.322. The molecule has 4 rings (SSSR count). The number of hydrogen-bond acceptors (Lipinski definition) is 9. The Morgan fingerprint density at radius 1 is 1.29 bits per heavy atom. The van der Waals surface area contributed by atoms with Crippen molar-refractivity contribution < 1.29 is 14.3 Å². The van der Waals surface area contributed by atoms with Crippen LogP contribution in [0.25, 0.3) is 11.4 Å². The van der Waals surface area contributed by atoms with Gasteiger partial charge in [0.05, 0.1) is 5.25 Å². The van der Waals surface area contributed by atoms with E-state index in [1.54, 1.807) is 0 Å². The zero-order chi connectivity index (χ0) is 19.7. The van der Waals surface area contributed by atoms with Crippen LogP contribution in [0.4, 0.5) is 5.13 Å². The van der Waals surface area contributed by atoms with Crippen molar-refractivity contribution >= 4 is 34.1 Å². The lowest BCUT2D eigenvalue weighted by Gasteiger charge is -2.12. The van der Waals surface area contributed by atoms with E-state index in [0.29, 0.717) is 28.3 Å². The number of aryl methyl sites for hydroxylation is 1. The lowest BCUT2D eigenvalue weighted by atomic mass is 10.2. The fourth-order valence-corrected chi connectivity index (χ4v) is 4.20. The van der Waals surface area contributed by atoms with Crippen LogP contribution in [0.5, 0.6) is 11.5 Å². The average molecular weight is 419 g/mol. The van der Waals surface area contributed by atoms with Crippen molar-refractivity contribution in [1.29, 1.82) is 0 Å². The first-order valence-corrected chi connectivity index (χ1v) is 10.3. The Bertz CT molecular complexity index is 1020. The van der Waals surface area contributed by atoms with Crippen molar-refractivity contribution in [2.24, 2.45) is 7.05 Å². The lowest BCUT2D eigenvalue weighted by Crippen LogP contribution is -2.25. The molecule has 146 valence electrons. The van der Waals surface area contributed by atoms with Gasteiger partial charge in [-0.3, -0.25) is 10.1 Å². The molecule has 1 aliphatic heterocycles. The summed E-state index contributed by atoms with van der Waals surface area (Å²) in [6.45, 7) is 4.02. The van der Waals surface area contributed by atoms with E-state index in [4.69, 9.17) is 9.47 Å². The molecule has 0 bridgehead atoms. The molecule has 0 saturated heterocycles. The number of carbonyl (C=O) groups is 1. The van der Waals surface area contributed by atoms with Crippen LogP contribution in [0.15, 0.2) is 23.4 Å². The number of carbonyl (C=O) groups excluding carboxylic acids is 1. The minimum Gasteiger partial charge on any atom is -0.454 e. The summed E-state index contributed by atoms with van der Waals surface area (Å²) in [4.78, 5) is 12.6. The molecule has 0 aliphatic carbocycles. The maximum atomic E-state index is 12.6. The number of amides is 1. The molecule has 1 aliphatic rings. The first-order chi connectivity index (χ1) is 13.5. The molecular formula is C17H18N6O3S2. The van der Waals surface area contributed by atoms with Crippen molar-refractivity contribution in [2.75, 3.05) is 12.1 Å². The molecule has 3 aromatic rings. The van der Waals surface area contributed by atoms with E-state index in [9.17, 15) is 4.79 Å². The van der Waals surface area contributed by atoms with Crippen LogP contribution in [-0.4, -0.2) is 42.9 Å². The number of rotatable bonds is 6. The Balaban J connectivity index is 1.50. The number of benzene rings is 1. The van der Waals surface area contributed by atoms with Crippen LogP contribution in [0.1, 0.15) is 18.4 Å². The van der Waals surface area contributed by atoms with Gasteiger partial charge in [0.15, 0.2) is 22.5 Å². The second kappa shape index (κ2) is 7.76. The number of thioether (sulfide) groups is 1.